The van der Waals surface area contributed by atoms with E-state index in [1.54, 1.807) is 13.1 Å². The average molecular weight is 387 g/mol. The molecule has 0 saturated heterocycles. The largest absolute Gasteiger partial charge is 0.476 e. The standard InChI is InChI=1S/C17H21N7O2S/c1-10-19-20-16(27-10)8-18-14-7-15(22-24(3)17(14)25)26-9-11-6-12(11)13-4-5-23(2)21-13/h4-5,7,11-12,18H,6,8-9H2,1-3H3/t11-,12+/m1/s1. The van der Waals surface area contributed by atoms with E-state index >= 15 is 0 Å². The van der Waals surface area contributed by atoms with Crippen molar-refractivity contribution in [3.8, 4) is 5.88 Å². The summed E-state index contributed by atoms with van der Waals surface area (Å²) in [6.45, 7) is 2.89. The molecule has 0 amide bonds. The van der Waals surface area contributed by atoms with Crippen LogP contribution < -0.4 is 15.6 Å². The lowest BCUT2D eigenvalue weighted by Crippen LogP contribution is -2.24. The van der Waals surface area contributed by atoms with Gasteiger partial charge in [0.25, 0.3) is 5.56 Å². The van der Waals surface area contributed by atoms with Gasteiger partial charge >= 0.3 is 0 Å². The highest BCUT2D eigenvalue weighted by molar-refractivity contribution is 7.11. The maximum absolute atomic E-state index is 12.3. The fourth-order valence-corrected chi connectivity index (χ4v) is 3.62. The molecular formula is C17H21N7O2S. The van der Waals surface area contributed by atoms with Crippen molar-refractivity contribution in [2.24, 2.45) is 20.0 Å². The van der Waals surface area contributed by atoms with Gasteiger partial charge in [0.2, 0.25) is 5.88 Å². The molecule has 27 heavy (non-hydrogen) atoms. The predicted molar refractivity (Wildman–Crippen MR) is 101 cm³/mol. The van der Waals surface area contributed by atoms with E-state index < -0.39 is 0 Å². The number of aromatic nitrogens is 6. The van der Waals surface area contributed by atoms with Crippen molar-refractivity contribution in [3.05, 3.63) is 44.4 Å². The molecule has 10 heteroatoms. The predicted octanol–water partition coefficient (Wildman–Crippen LogP) is 1.47. The van der Waals surface area contributed by atoms with Crippen LogP contribution in [0.3, 0.4) is 0 Å². The lowest BCUT2D eigenvalue weighted by atomic mass is 10.2. The van der Waals surface area contributed by atoms with Gasteiger partial charge in [0.1, 0.15) is 15.7 Å². The van der Waals surface area contributed by atoms with Gasteiger partial charge in [-0.05, 0) is 19.4 Å². The number of hydrogen-bond acceptors (Lipinski definition) is 8. The normalized spacial score (nSPS) is 18.5. The number of nitrogens with one attached hydrogen (secondary N) is 1. The fourth-order valence-electron chi connectivity index (χ4n) is 2.98. The summed E-state index contributed by atoms with van der Waals surface area (Å²) in [5.41, 5.74) is 1.34. The first-order chi connectivity index (χ1) is 13.0. The number of rotatable bonds is 7. The Hall–Kier alpha value is -2.75. The van der Waals surface area contributed by atoms with Gasteiger partial charge in [-0.1, -0.05) is 11.3 Å². The summed E-state index contributed by atoms with van der Waals surface area (Å²) in [7, 11) is 3.53. The molecule has 0 bridgehead atoms. The summed E-state index contributed by atoms with van der Waals surface area (Å²) in [5.74, 6) is 1.30. The van der Waals surface area contributed by atoms with Crippen molar-refractivity contribution in [2.75, 3.05) is 11.9 Å². The smallest absolute Gasteiger partial charge is 0.290 e. The first kappa shape index (κ1) is 17.7. The summed E-state index contributed by atoms with van der Waals surface area (Å²) < 4.78 is 8.95. The third-order valence-corrected chi connectivity index (χ3v) is 5.36. The van der Waals surface area contributed by atoms with E-state index in [2.05, 4.69) is 25.7 Å². The Morgan fingerprint density at radius 3 is 2.89 bits per heavy atom. The summed E-state index contributed by atoms with van der Waals surface area (Å²) in [5, 5.41) is 21.5. The highest BCUT2D eigenvalue weighted by Gasteiger charge is 2.40. The number of ether oxygens (including phenoxy) is 1. The van der Waals surface area contributed by atoms with Crippen LogP contribution in [0.1, 0.15) is 28.0 Å². The molecule has 3 heterocycles. The van der Waals surface area contributed by atoms with Gasteiger partial charge in [-0.25, -0.2) is 4.68 Å². The minimum absolute atomic E-state index is 0.207. The van der Waals surface area contributed by atoms with Crippen LogP contribution in [0.15, 0.2) is 23.1 Å². The first-order valence-corrected chi connectivity index (χ1v) is 9.55. The zero-order valence-electron chi connectivity index (χ0n) is 15.4. The SMILES string of the molecule is Cc1nnc(CNc2cc(OC[C@H]3C[C@@H]3c3ccn(C)n3)nn(C)c2=O)s1. The number of aryl methyl sites for hydroxylation is 3. The number of nitrogens with zero attached hydrogens (tertiary/aromatic N) is 6. The maximum atomic E-state index is 12.3. The number of hydrogen-bond donors (Lipinski definition) is 1. The summed E-state index contributed by atoms with van der Waals surface area (Å²) >= 11 is 1.50. The van der Waals surface area contributed by atoms with Gasteiger partial charge in [0.15, 0.2) is 0 Å². The van der Waals surface area contributed by atoms with Crippen LogP contribution in [0.5, 0.6) is 5.88 Å². The van der Waals surface area contributed by atoms with Gasteiger partial charge in [-0.2, -0.15) is 5.10 Å². The van der Waals surface area contributed by atoms with E-state index in [1.165, 1.54) is 16.0 Å². The van der Waals surface area contributed by atoms with Gasteiger partial charge in [0.05, 0.1) is 18.8 Å². The lowest BCUT2D eigenvalue weighted by Gasteiger charge is -2.09. The minimum Gasteiger partial charge on any atom is -0.476 e. The van der Waals surface area contributed by atoms with E-state index in [-0.39, 0.29) is 5.56 Å². The molecule has 1 saturated carbocycles. The molecule has 3 aromatic rings. The van der Waals surface area contributed by atoms with Crippen LogP contribution in [0, 0.1) is 12.8 Å². The van der Waals surface area contributed by atoms with Crippen molar-refractivity contribution >= 4 is 17.0 Å². The second kappa shape index (κ2) is 7.10. The van der Waals surface area contributed by atoms with Crippen LogP contribution in [0.25, 0.3) is 0 Å². The second-order valence-corrected chi connectivity index (χ2v) is 7.99. The molecule has 1 aliphatic carbocycles. The molecule has 0 aliphatic heterocycles. The minimum atomic E-state index is -0.207. The summed E-state index contributed by atoms with van der Waals surface area (Å²) in [6, 6.07) is 3.70. The molecule has 1 fully saturated rings. The van der Waals surface area contributed by atoms with Crippen LogP contribution in [-0.4, -0.2) is 36.4 Å². The molecular weight excluding hydrogens is 366 g/mol. The zero-order chi connectivity index (χ0) is 19.0. The first-order valence-electron chi connectivity index (χ1n) is 8.73. The summed E-state index contributed by atoms with van der Waals surface area (Å²) in [6.07, 6.45) is 3.02. The molecule has 2 atom stereocenters. The van der Waals surface area contributed by atoms with Crippen LogP contribution in [0.2, 0.25) is 0 Å². The monoisotopic (exact) mass is 387 g/mol. The molecule has 1 aliphatic rings. The molecule has 142 valence electrons. The van der Waals surface area contributed by atoms with Crippen molar-refractivity contribution in [1.82, 2.24) is 29.8 Å². The zero-order valence-corrected chi connectivity index (χ0v) is 16.2. The Morgan fingerprint density at radius 1 is 1.33 bits per heavy atom. The van der Waals surface area contributed by atoms with E-state index in [9.17, 15) is 4.79 Å². The molecule has 0 spiro atoms. The van der Waals surface area contributed by atoms with E-state index in [4.69, 9.17) is 4.74 Å². The lowest BCUT2D eigenvalue weighted by molar-refractivity contribution is 0.278. The van der Waals surface area contributed by atoms with Crippen molar-refractivity contribution < 1.29 is 4.74 Å². The van der Waals surface area contributed by atoms with E-state index in [0.29, 0.717) is 36.6 Å². The van der Waals surface area contributed by atoms with Gasteiger partial charge in [-0.3, -0.25) is 9.48 Å². The van der Waals surface area contributed by atoms with Gasteiger partial charge in [-0.15, -0.1) is 15.3 Å². The molecule has 9 nitrogen and oxygen atoms in total. The maximum Gasteiger partial charge on any atom is 0.290 e. The molecule has 0 unspecified atom stereocenters. The molecule has 3 aromatic heterocycles. The van der Waals surface area contributed by atoms with Gasteiger partial charge in [0, 0.05) is 38.2 Å². The molecule has 0 aromatic carbocycles. The van der Waals surface area contributed by atoms with Crippen molar-refractivity contribution in [1.29, 1.82) is 0 Å². The Bertz CT molecular complexity index is 1010. The quantitative estimate of drug-likeness (QED) is 0.655. The van der Waals surface area contributed by atoms with Gasteiger partial charge < -0.3 is 10.1 Å². The van der Waals surface area contributed by atoms with Crippen molar-refractivity contribution in [3.63, 3.8) is 0 Å². The van der Waals surface area contributed by atoms with Crippen LogP contribution in [0.4, 0.5) is 5.69 Å². The highest BCUT2D eigenvalue weighted by Crippen LogP contribution is 2.46. The highest BCUT2D eigenvalue weighted by atomic mass is 32.1. The Morgan fingerprint density at radius 2 is 2.19 bits per heavy atom. The summed E-state index contributed by atoms with van der Waals surface area (Å²) in [4.78, 5) is 12.3. The fraction of sp³-hybridized carbons (Fsp3) is 0.471. The van der Waals surface area contributed by atoms with Crippen molar-refractivity contribution in [2.45, 2.75) is 25.8 Å². The average Bonchev–Trinajstić information content (AvgIpc) is 3.09. The van der Waals surface area contributed by atoms with Crippen LogP contribution in [-0.2, 0) is 20.6 Å². The third-order valence-electron chi connectivity index (χ3n) is 4.52. The van der Waals surface area contributed by atoms with E-state index in [1.807, 2.05) is 30.9 Å². The Balaban J connectivity index is 1.38. The Labute approximate surface area is 160 Å². The molecule has 4 rings (SSSR count). The molecule has 0 radical (unpaired) electrons. The third kappa shape index (κ3) is 4.00. The topological polar surface area (TPSA) is 99.8 Å². The molecule has 1 N–H and O–H groups in total. The van der Waals surface area contributed by atoms with E-state index in [0.717, 1.165) is 22.1 Å². The Kier molecular flexibility index (Phi) is 4.65. The van der Waals surface area contributed by atoms with Crippen LogP contribution >= 0.6 is 11.3 Å². The number of anilines is 1. The second-order valence-electron chi connectivity index (χ2n) is 6.72.